The molecule has 96 valence electrons. The molecule has 2 rings (SSSR count). The summed E-state index contributed by atoms with van der Waals surface area (Å²) in [5, 5.41) is 4.01. The lowest BCUT2D eigenvalue weighted by Gasteiger charge is -2.15. The zero-order valence-electron chi connectivity index (χ0n) is 11.1. The Labute approximate surface area is 108 Å². The lowest BCUT2D eigenvalue weighted by molar-refractivity contribution is 0.407. The van der Waals surface area contributed by atoms with Gasteiger partial charge in [0.15, 0.2) is 5.82 Å². The van der Waals surface area contributed by atoms with Gasteiger partial charge in [-0.2, -0.15) is 4.98 Å². The summed E-state index contributed by atoms with van der Waals surface area (Å²) in [4.78, 5) is 6.40. The van der Waals surface area contributed by atoms with E-state index in [9.17, 15) is 0 Å². The summed E-state index contributed by atoms with van der Waals surface area (Å²) in [6.07, 6.45) is 0.708. The van der Waals surface area contributed by atoms with Crippen molar-refractivity contribution in [3.63, 3.8) is 0 Å². The highest BCUT2D eigenvalue weighted by Gasteiger charge is 2.12. The van der Waals surface area contributed by atoms with Gasteiger partial charge in [0, 0.05) is 20.0 Å². The molecule has 0 atom stereocenters. The Kier molecular flexibility index (Phi) is 3.97. The normalized spacial score (nSPS) is 10.9. The van der Waals surface area contributed by atoms with Crippen LogP contribution in [0.5, 0.6) is 0 Å². The molecule has 4 nitrogen and oxygen atoms in total. The molecule has 0 aliphatic carbocycles. The Morgan fingerprint density at radius 1 is 1.22 bits per heavy atom. The summed E-state index contributed by atoms with van der Waals surface area (Å²) < 4.78 is 5.26. The zero-order chi connectivity index (χ0) is 13.0. The molecular weight excluding hydrogens is 226 g/mol. The summed E-state index contributed by atoms with van der Waals surface area (Å²) in [7, 11) is 1.97. The number of rotatable bonds is 5. The van der Waals surface area contributed by atoms with Gasteiger partial charge in [-0.25, -0.2) is 0 Å². The van der Waals surface area contributed by atoms with Gasteiger partial charge in [0.05, 0.1) is 0 Å². The second kappa shape index (κ2) is 5.67. The Morgan fingerprint density at radius 3 is 2.61 bits per heavy atom. The van der Waals surface area contributed by atoms with Gasteiger partial charge in [-0.1, -0.05) is 49.3 Å². The second-order valence-electron chi connectivity index (χ2n) is 4.93. The van der Waals surface area contributed by atoms with Crippen LogP contribution in [0.15, 0.2) is 34.9 Å². The number of benzene rings is 1. The first-order valence-electron chi connectivity index (χ1n) is 6.23. The fourth-order valence-electron chi connectivity index (χ4n) is 1.88. The van der Waals surface area contributed by atoms with Gasteiger partial charge in [-0.15, -0.1) is 0 Å². The van der Waals surface area contributed by atoms with Crippen molar-refractivity contribution in [2.24, 2.45) is 5.92 Å². The minimum Gasteiger partial charge on any atom is -0.327 e. The van der Waals surface area contributed by atoms with Crippen molar-refractivity contribution in [2.45, 2.75) is 20.3 Å². The first-order chi connectivity index (χ1) is 8.65. The Morgan fingerprint density at radius 2 is 1.94 bits per heavy atom. The van der Waals surface area contributed by atoms with Crippen LogP contribution in [-0.4, -0.2) is 23.7 Å². The Hall–Kier alpha value is -1.84. The molecule has 0 aliphatic heterocycles. The molecule has 0 fully saturated rings. The fourth-order valence-corrected chi connectivity index (χ4v) is 1.88. The quantitative estimate of drug-likeness (QED) is 0.812. The maximum absolute atomic E-state index is 5.26. The molecule has 0 saturated carbocycles. The molecule has 0 bridgehead atoms. The van der Waals surface area contributed by atoms with Gasteiger partial charge in [0.2, 0.25) is 0 Å². The van der Waals surface area contributed by atoms with Crippen molar-refractivity contribution < 1.29 is 4.52 Å². The zero-order valence-corrected chi connectivity index (χ0v) is 11.1. The van der Waals surface area contributed by atoms with Crippen LogP contribution < -0.4 is 4.90 Å². The third-order valence-corrected chi connectivity index (χ3v) is 2.63. The van der Waals surface area contributed by atoms with Crippen molar-refractivity contribution in [3.05, 3.63) is 41.7 Å². The molecule has 2 aromatic rings. The Bertz CT molecular complexity index is 479. The van der Waals surface area contributed by atoms with Crippen LogP contribution in [-0.2, 0) is 6.42 Å². The van der Waals surface area contributed by atoms with E-state index in [2.05, 4.69) is 36.1 Å². The van der Waals surface area contributed by atoms with Gasteiger partial charge in [-0.05, 0) is 11.5 Å². The van der Waals surface area contributed by atoms with E-state index in [1.807, 2.05) is 30.1 Å². The smallest absolute Gasteiger partial charge is 0.323 e. The van der Waals surface area contributed by atoms with Crippen molar-refractivity contribution >= 4 is 6.01 Å². The van der Waals surface area contributed by atoms with E-state index in [0.717, 1.165) is 12.4 Å². The van der Waals surface area contributed by atoms with Gasteiger partial charge < -0.3 is 9.42 Å². The summed E-state index contributed by atoms with van der Waals surface area (Å²) in [6.45, 7) is 5.24. The lowest BCUT2D eigenvalue weighted by Crippen LogP contribution is -2.22. The van der Waals surface area contributed by atoms with Crippen LogP contribution in [0.2, 0.25) is 0 Å². The third kappa shape index (κ3) is 3.32. The number of hydrogen-bond donors (Lipinski definition) is 0. The molecule has 0 amide bonds. The van der Waals surface area contributed by atoms with Crippen molar-refractivity contribution in [1.29, 1.82) is 0 Å². The van der Waals surface area contributed by atoms with Gasteiger partial charge in [0.1, 0.15) is 0 Å². The molecular formula is C14H19N3O. The number of anilines is 1. The largest absolute Gasteiger partial charge is 0.327 e. The molecule has 1 aromatic carbocycles. The van der Waals surface area contributed by atoms with Crippen LogP contribution in [0.1, 0.15) is 25.2 Å². The summed E-state index contributed by atoms with van der Waals surface area (Å²) in [5.41, 5.74) is 1.19. The van der Waals surface area contributed by atoms with E-state index in [-0.39, 0.29) is 0 Å². The highest BCUT2D eigenvalue weighted by atomic mass is 16.5. The predicted octanol–water partition coefficient (Wildman–Crippen LogP) is 2.75. The molecule has 18 heavy (non-hydrogen) atoms. The number of hydrogen-bond acceptors (Lipinski definition) is 4. The van der Waals surface area contributed by atoms with Crippen LogP contribution in [0.25, 0.3) is 0 Å². The average Bonchev–Trinajstić information content (AvgIpc) is 2.78. The minimum atomic E-state index is 0.569. The first-order valence-corrected chi connectivity index (χ1v) is 6.23. The standard InChI is InChI=1S/C14H19N3O/c1-11(2)10-17(3)14-15-13(16-18-14)9-12-7-5-4-6-8-12/h4-8,11H,9-10H2,1-3H3. The summed E-state index contributed by atoms with van der Waals surface area (Å²) in [5.74, 6) is 1.30. The van der Waals surface area contributed by atoms with Crippen LogP contribution in [0.3, 0.4) is 0 Å². The number of nitrogens with zero attached hydrogens (tertiary/aromatic N) is 3. The minimum absolute atomic E-state index is 0.569. The van der Waals surface area contributed by atoms with Gasteiger partial charge >= 0.3 is 6.01 Å². The van der Waals surface area contributed by atoms with Crippen molar-refractivity contribution in [2.75, 3.05) is 18.5 Å². The molecule has 1 aromatic heterocycles. The fraction of sp³-hybridized carbons (Fsp3) is 0.429. The monoisotopic (exact) mass is 245 g/mol. The highest BCUT2D eigenvalue weighted by Crippen LogP contribution is 2.13. The van der Waals surface area contributed by atoms with E-state index < -0.39 is 0 Å². The van der Waals surface area contributed by atoms with E-state index in [4.69, 9.17) is 4.52 Å². The molecule has 0 spiro atoms. The molecule has 0 saturated heterocycles. The second-order valence-corrected chi connectivity index (χ2v) is 4.93. The van der Waals surface area contributed by atoms with Gasteiger partial charge in [0.25, 0.3) is 0 Å². The Balaban J connectivity index is 2.02. The van der Waals surface area contributed by atoms with Crippen molar-refractivity contribution in [1.82, 2.24) is 10.1 Å². The third-order valence-electron chi connectivity index (χ3n) is 2.63. The van der Waals surface area contributed by atoms with Crippen LogP contribution in [0, 0.1) is 5.92 Å². The molecule has 0 radical (unpaired) electrons. The van der Waals surface area contributed by atoms with Crippen LogP contribution in [0.4, 0.5) is 6.01 Å². The van der Waals surface area contributed by atoms with Crippen molar-refractivity contribution in [3.8, 4) is 0 Å². The molecule has 0 unspecified atom stereocenters. The molecule has 0 aliphatic rings. The lowest BCUT2D eigenvalue weighted by atomic mass is 10.1. The molecule has 0 N–H and O–H groups in total. The molecule has 1 heterocycles. The maximum Gasteiger partial charge on any atom is 0.323 e. The molecule has 4 heteroatoms. The first kappa shape index (κ1) is 12.6. The highest BCUT2D eigenvalue weighted by molar-refractivity contribution is 5.25. The predicted molar refractivity (Wildman–Crippen MR) is 71.7 cm³/mol. The van der Waals surface area contributed by atoms with E-state index in [0.29, 0.717) is 18.4 Å². The topological polar surface area (TPSA) is 42.2 Å². The maximum atomic E-state index is 5.26. The van der Waals surface area contributed by atoms with E-state index in [1.54, 1.807) is 0 Å². The summed E-state index contributed by atoms with van der Waals surface area (Å²) >= 11 is 0. The SMILES string of the molecule is CC(C)CN(C)c1nc(Cc2ccccc2)no1. The average molecular weight is 245 g/mol. The number of aromatic nitrogens is 2. The van der Waals surface area contributed by atoms with Crippen LogP contribution >= 0.6 is 0 Å². The van der Waals surface area contributed by atoms with Gasteiger partial charge in [-0.3, -0.25) is 0 Å². The van der Waals surface area contributed by atoms with E-state index >= 15 is 0 Å². The van der Waals surface area contributed by atoms with E-state index in [1.165, 1.54) is 5.56 Å². The summed E-state index contributed by atoms with van der Waals surface area (Å²) in [6, 6.07) is 10.8.